The lowest BCUT2D eigenvalue weighted by molar-refractivity contribution is 0.0586. The third-order valence-electron chi connectivity index (χ3n) is 3.16. The molecular weight excluding hydrogens is 218 g/mol. The number of rotatable bonds is 4. The highest BCUT2D eigenvalue weighted by molar-refractivity contribution is 5.43. The van der Waals surface area contributed by atoms with Crippen LogP contribution in [0, 0.1) is 0 Å². The Morgan fingerprint density at radius 1 is 1.35 bits per heavy atom. The van der Waals surface area contributed by atoms with E-state index in [1.807, 2.05) is 18.2 Å². The highest BCUT2D eigenvalue weighted by Gasteiger charge is 2.27. The Kier molecular flexibility index (Phi) is 3.86. The topological polar surface area (TPSA) is 64.7 Å². The standard InChI is InChI=1S/C13H19NO3/c1-16-13-7-9(8-14)5-6-12(13)17-11-4-2-3-10(11)15/h5-7,10-11,15H,2-4,8,14H2,1H3. The van der Waals surface area contributed by atoms with Crippen LogP contribution < -0.4 is 15.2 Å². The van der Waals surface area contributed by atoms with Crippen molar-refractivity contribution in [1.29, 1.82) is 0 Å². The summed E-state index contributed by atoms with van der Waals surface area (Å²) in [5.41, 5.74) is 6.57. The van der Waals surface area contributed by atoms with Crippen molar-refractivity contribution in [3.63, 3.8) is 0 Å². The summed E-state index contributed by atoms with van der Waals surface area (Å²) >= 11 is 0. The molecule has 1 aromatic rings. The van der Waals surface area contributed by atoms with E-state index in [9.17, 15) is 5.11 Å². The molecule has 0 bridgehead atoms. The summed E-state index contributed by atoms with van der Waals surface area (Å²) in [6, 6.07) is 5.64. The van der Waals surface area contributed by atoms with Gasteiger partial charge in [0.2, 0.25) is 0 Å². The van der Waals surface area contributed by atoms with E-state index >= 15 is 0 Å². The van der Waals surface area contributed by atoms with E-state index in [-0.39, 0.29) is 12.2 Å². The van der Waals surface area contributed by atoms with Gasteiger partial charge in [0.25, 0.3) is 0 Å². The average molecular weight is 237 g/mol. The minimum Gasteiger partial charge on any atom is -0.493 e. The maximum Gasteiger partial charge on any atom is 0.161 e. The van der Waals surface area contributed by atoms with Gasteiger partial charge in [0.1, 0.15) is 6.10 Å². The van der Waals surface area contributed by atoms with Crippen molar-refractivity contribution < 1.29 is 14.6 Å². The Hall–Kier alpha value is -1.26. The van der Waals surface area contributed by atoms with Crippen LogP contribution in [0.4, 0.5) is 0 Å². The van der Waals surface area contributed by atoms with Crippen molar-refractivity contribution in [2.75, 3.05) is 7.11 Å². The lowest BCUT2D eigenvalue weighted by atomic mass is 10.2. The summed E-state index contributed by atoms with van der Waals surface area (Å²) in [7, 11) is 1.60. The van der Waals surface area contributed by atoms with Crippen LogP contribution in [0.1, 0.15) is 24.8 Å². The van der Waals surface area contributed by atoms with Crippen molar-refractivity contribution in [3.05, 3.63) is 23.8 Å². The van der Waals surface area contributed by atoms with E-state index in [0.29, 0.717) is 18.0 Å². The number of benzene rings is 1. The summed E-state index contributed by atoms with van der Waals surface area (Å²) in [6.07, 6.45) is 2.23. The number of aliphatic hydroxyl groups excluding tert-OH is 1. The molecular formula is C13H19NO3. The van der Waals surface area contributed by atoms with E-state index in [0.717, 1.165) is 24.8 Å². The largest absolute Gasteiger partial charge is 0.493 e. The Balaban J connectivity index is 2.14. The monoisotopic (exact) mass is 237 g/mol. The van der Waals surface area contributed by atoms with E-state index in [2.05, 4.69) is 0 Å². The molecule has 2 unspecified atom stereocenters. The van der Waals surface area contributed by atoms with Crippen molar-refractivity contribution >= 4 is 0 Å². The van der Waals surface area contributed by atoms with Crippen LogP contribution in [-0.2, 0) is 6.54 Å². The SMILES string of the molecule is COc1cc(CN)ccc1OC1CCCC1O. The maximum atomic E-state index is 9.73. The first-order valence-corrected chi connectivity index (χ1v) is 5.96. The van der Waals surface area contributed by atoms with E-state index in [4.69, 9.17) is 15.2 Å². The van der Waals surface area contributed by atoms with Gasteiger partial charge in [0, 0.05) is 6.54 Å². The first-order chi connectivity index (χ1) is 8.24. The molecule has 0 aliphatic heterocycles. The summed E-state index contributed by atoms with van der Waals surface area (Å²) < 4.78 is 11.1. The van der Waals surface area contributed by atoms with E-state index in [1.54, 1.807) is 7.11 Å². The quantitative estimate of drug-likeness (QED) is 0.831. The second-order valence-electron chi connectivity index (χ2n) is 4.34. The predicted octanol–water partition coefficient (Wildman–Crippen LogP) is 1.45. The molecule has 0 amide bonds. The van der Waals surface area contributed by atoms with Crippen molar-refractivity contribution in [1.82, 2.24) is 0 Å². The average Bonchev–Trinajstić information content (AvgIpc) is 2.75. The zero-order valence-electron chi connectivity index (χ0n) is 10.1. The predicted molar refractivity (Wildman–Crippen MR) is 65.2 cm³/mol. The molecule has 0 radical (unpaired) electrons. The van der Waals surface area contributed by atoms with Gasteiger partial charge in [-0.3, -0.25) is 0 Å². The molecule has 1 saturated carbocycles. The minimum absolute atomic E-state index is 0.118. The molecule has 2 atom stereocenters. The molecule has 0 spiro atoms. The fourth-order valence-electron chi connectivity index (χ4n) is 2.14. The van der Waals surface area contributed by atoms with Gasteiger partial charge in [0.05, 0.1) is 13.2 Å². The molecule has 2 rings (SSSR count). The van der Waals surface area contributed by atoms with Crippen molar-refractivity contribution in [2.45, 2.75) is 38.0 Å². The fraction of sp³-hybridized carbons (Fsp3) is 0.538. The third-order valence-corrected chi connectivity index (χ3v) is 3.16. The van der Waals surface area contributed by atoms with Gasteiger partial charge in [-0.2, -0.15) is 0 Å². The number of methoxy groups -OCH3 is 1. The molecule has 1 aromatic carbocycles. The number of hydrogen-bond donors (Lipinski definition) is 2. The molecule has 4 heteroatoms. The van der Waals surface area contributed by atoms with Crippen LogP contribution in [0.2, 0.25) is 0 Å². The fourth-order valence-corrected chi connectivity index (χ4v) is 2.14. The summed E-state index contributed by atoms with van der Waals surface area (Å²) in [5.74, 6) is 1.35. The number of aliphatic hydroxyl groups is 1. The molecule has 1 fully saturated rings. The zero-order valence-corrected chi connectivity index (χ0v) is 10.1. The molecule has 0 aromatic heterocycles. The third kappa shape index (κ3) is 2.70. The Morgan fingerprint density at radius 2 is 2.18 bits per heavy atom. The first kappa shape index (κ1) is 12.2. The molecule has 1 aliphatic rings. The van der Waals surface area contributed by atoms with Gasteiger partial charge in [-0.1, -0.05) is 6.07 Å². The van der Waals surface area contributed by atoms with Crippen LogP contribution in [-0.4, -0.2) is 24.4 Å². The molecule has 0 saturated heterocycles. The molecule has 94 valence electrons. The lowest BCUT2D eigenvalue weighted by Gasteiger charge is -2.19. The molecule has 4 nitrogen and oxygen atoms in total. The molecule has 0 heterocycles. The van der Waals surface area contributed by atoms with Crippen LogP contribution in [0.25, 0.3) is 0 Å². The summed E-state index contributed by atoms with van der Waals surface area (Å²) in [4.78, 5) is 0. The Bertz CT molecular complexity index is 381. The van der Waals surface area contributed by atoms with Gasteiger partial charge >= 0.3 is 0 Å². The summed E-state index contributed by atoms with van der Waals surface area (Å²) in [5, 5.41) is 9.73. The van der Waals surface area contributed by atoms with Crippen molar-refractivity contribution in [3.8, 4) is 11.5 Å². The van der Waals surface area contributed by atoms with Gasteiger partial charge in [-0.05, 0) is 37.0 Å². The van der Waals surface area contributed by atoms with Crippen LogP contribution in [0.3, 0.4) is 0 Å². The van der Waals surface area contributed by atoms with Gasteiger partial charge in [-0.15, -0.1) is 0 Å². The van der Waals surface area contributed by atoms with Crippen LogP contribution in [0.5, 0.6) is 11.5 Å². The number of ether oxygens (including phenoxy) is 2. The Labute approximate surface area is 101 Å². The smallest absolute Gasteiger partial charge is 0.161 e. The molecule has 17 heavy (non-hydrogen) atoms. The van der Waals surface area contributed by atoms with Crippen molar-refractivity contribution in [2.24, 2.45) is 5.73 Å². The van der Waals surface area contributed by atoms with E-state index < -0.39 is 0 Å². The lowest BCUT2D eigenvalue weighted by Crippen LogP contribution is -2.25. The molecule has 1 aliphatic carbocycles. The van der Waals surface area contributed by atoms with Crippen LogP contribution in [0.15, 0.2) is 18.2 Å². The second-order valence-corrected chi connectivity index (χ2v) is 4.34. The number of hydrogen-bond acceptors (Lipinski definition) is 4. The molecule has 3 N–H and O–H groups in total. The minimum atomic E-state index is -0.367. The van der Waals surface area contributed by atoms with Crippen LogP contribution >= 0.6 is 0 Å². The maximum absolute atomic E-state index is 9.73. The van der Waals surface area contributed by atoms with Gasteiger partial charge in [0.15, 0.2) is 11.5 Å². The highest BCUT2D eigenvalue weighted by Crippen LogP contribution is 2.32. The zero-order chi connectivity index (χ0) is 12.3. The van der Waals surface area contributed by atoms with E-state index in [1.165, 1.54) is 0 Å². The first-order valence-electron chi connectivity index (χ1n) is 5.96. The normalized spacial score (nSPS) is 23.7. The second kappa shape index (κ2) is 5.38. The van der Waals surface area contributed by atoms with Gasteiger partial charge in [-0.25, -0.2) is 0 Å². The Morgan fingerprint density at radius 3 is 2.76 bits per heavy atom. The number of nitrogens with two attached hydrogens (primary N) is 1. The summed E-state index contributed by atoms with van der Waals surface area (Å²) in [6.45, 7) is 0.475. The van der Waals surface area contributed by atoms with Gasteiger partial charge < -0.3 is 20.3 Å². The highest BCUT2D eigenvalue weighted by atomic mass is 16.5.